The van der Waals surface area contributed by atoms with Crippen molar-refractivity contribution in [3.05, 3.63) is 83.2 Å². The first-order chi connectivity index (χ1) is 17.0. The maximum atomic E-state index is 10.7. The van der Waals surface area contributed by atoms with Gasteiger partial charge in [0.15, 0.2) is 11.8 Å². The minimum atomic E-state index is -0.478. The summed E-state index contributed by atoms with van der Waals surface area (Å²) >= 11 is 0. The van der Waals surface area contributed by atoms with Crippen LogP contribution < -0.4 is 10.6 Å². The van der Waals surface area contributed by atoms with Crippen molar-refractivity contribution < 1.29 is 14.7 Å². The minimum absolute atomic E-state index is 0.0136. The summed E-state index contributed by atoms with van der Waals surface area (Å²) in [6.45, 7) is 0.342. The number of aromatic nitrogens is 6. The number of para-hydroxylation sites is 1. The monoisotopic (exact) mass is 468 g/mol. The Labute approximate surface area is 199 Å². The minimum Gasteiger partial charge on any atom is -0.494 e. The first kappa shape index (κ1) is 20.7. The molecule has 11 nitrogen and oxygen atoms in total. The van der Waals surface area contributed by atoms with E-state index in [0.717, 1.165) is 11.3 Å². The first-order valence-corrected chi connectivity index (χ1v) is 10.8. The van der Waals surface area contributed by atoms with E-state index in [2.05, 4.69) is 25.1 Å². The number of nitrogens with zero attached hydrogens (tertiary/aromatic N) is 7. The first-order valence-electron chi connectivity index (χ1n) is 10.8. The lowest BCUT2D eigenvalue weighted by Gasteiger charge is -2.17. The summed E-state index contributed by atoms with van der Waals surface area (Å²) in [7, 11) is 1.81. The predicted octanol–water partition coefficient (Wildman–Crippen LogP) is 3.03. The van der Waals surface area contributed by atoms with Crippen molar-refractivity contribution in [3.63, 3.8) is 0 Å². The van der Waals surface area contributed by atoms with E-state index in [0.29, 0.717) is 23.6 Å². The topological polar surface area (TPSA) is 152 Å². The number of rotatable bonds is 6. The van der Waals surface area contributed by atoms with Gasteiger partial charge in [-0.15, -0.1) is 0 Å². The summed E-state index contributed by atoms with van der Waals surface area (Å²) < 4.78 is 6.88. The van der Waals surface area contributed by atoms with E-state index in [9.17, 15) is 10.2 Å². The Morgan fingerprint density at radius 3 is 2.23 bits per heavy atom. The van der Waals surface area contributed by atoms with Crippen molar-refractivity contribution in [1.29, 1.82) is 0 Å². The average Bonchev–Trinajstić information content (AvgIpc) is 3.34. The van der Waals surface area contributed by atoms with Crippen LogP contribution in [0.15, 0.2) is 65.2 Å². The van der Waals surface area contributed by atoms with E-state index in [-0.39, 0.29) is 35.2 Å². The summed E-state index contributed by atoms with van der Waals surface area (Å²) in [6.07, 6.45) is 0. The lowest BCUT2D eigenvalue weighted by Crippen LogP contribution is -2.15. The van der Waals surface area contributed by atoms with E-state index in [1.54, 1.807) is 4.90 Å². The third-order valence-electron chi connectivity index (χ3n) is 5.93. The molecule has 11 heteroatoms. The van der Waals surface area contributed by atoms with Crippen molar-refractivity contribution in [3.8, 4) is 23.4 Å². The van der Waals surface area contributed by atoms with Gasteiger partial charge in [-0.1, -0.05) is 53.7 Å². The molecule has 4 N–H and O–H groups in total. The molecule has 2 aromatic carbocycles. The normalized spacial score (nSPS) is 12.5. The summed E-state index contributed by atoms with van der Waals surface area (Å²) in [5.74, 6) is 0.310. The highest BCUT2D eigenvalue weighted by molar-refractivity contribution is 5.69. The number of anilines is 3. The van der Waals surface area contributed by atoms with Crippen LogP contribution >= 0.6 is 0 Å². The molecule has 5 aromatic rings. The van der Waals surface area contributed by atoms with E-state index >= 15 is 0 Å². The Kier molecular flexibility index (Phi) is 4.62. The van der Waals surface area contributed by atoms with Gasteiger partial charge < -0.3 is 25.4 Å². The number of nitrogen functional groups attached to an aromatic ring is 1. The van der Waals surface area contributed by atoms with Crippen LogP contribution in [0.25, 0.3) is 11.6 Å². The van der Waals surface area contributed by atoms with Crippen LogP contribution in [0.2, 0.25) is 0 Å². The van der Waals surface area contributed by atoms with E-state index in [4.69, 9.17) is 10.3 Å². The van der Waals surface area contributed by atoms with E-state index in [1.807, 2.05) is 67.7 Å². The van der Waals surface area contributed by atoms with E-state index < -0.39 is 5.92 Å². The molecule has 0 spiro atoms. The molecular formula is C24H20N8O3. The van der Waals surface area contributed by atoms with Gasteiger partial charge in [0, 0.05) is 23.9 Å². The Bertz CT molecular complexity index is 1500. The number of nitrogens with two attached hydrogens (primary N) is 1. The third-order valence-corrected chi connectivity index (χ3v) is 5.93. The van der Waals surface area contributed by atoms with Gasteiger partial charge in [0.2, 0.25) is 29.4 Å². The summed E-state index contributed by atoms with van der Waals surface area (Å²) in [5, 5.41) is 25.4. The van der Waals surface area contributed by atoms with Crippen molar-refractivity contribution in [2.24, 2.45) is 0 Å². The van der Waals surface area contributed by atoms with Gasteiger partial charge in [-0.25, -0.2) is 0 Å². The van der Waals surface area contributed by atoms with Gasteiger partial charge in [-0.2, -0.15) is 19.9 Å². The maximum absolute atomic E-state index is 10.7. The number of fused-ring (bicyclic) bond motifs is 1. The number of benzene rings is 2. The number of aromatic hydroxyl groups is 2. The molecular weight excluding hydrogens is 448 g/mol. The summed E-state index contributed by atoms with van der Waals surface area (Å²) in [5.41, 5.74) is 8.87. The lowest BCUT2D eigenvalue weighted by molar-refractivity contribution is 0.356. The second kappa shape index (κ2) is 7.83. The fraction of sp³-hybridized carbons (Fsp3) is 0.125. The second-order valence-electron chi connectivity index (χ2n) is 8.15. The van der Waals surface area contributed by atoms with Crippen LogP contribution in [0.5, 0.6) is 11.8 Å². The highest BCUT2D eigenvalue weighted by Gasteiger charge is 2.49. The molecule has 3 aromatic heterocycles. The quantitative estimate of drug-likeness (QED) is 0.332. The smallest absolute Gasteiger partial charge is 0.240 e. The highest BCUT2D eigenvalue weighted by Crippen LogP contribution is 2.59. The molecule has 0 atom stereocenters. The lowest BCUT2D eigenvalue weighted by atomic mass is 10.2. The van der Waals surface area contributed by atoms with E-state index in [1.165, 1.54) is 4.57 Å². The fourth-order valence-corrected chi connectivity index (χ4v) is 4.12. The van der Waals surface area contributed by atoms with Gasteiger partial charge in [0.1, 0.15) is 0 Å². The third kappa shape index (κ3) is 3.50. The van der Waals surface area contributed by atoms with Crippen molar-refractivity contribution >= 4 is 17.6 Å². The van der Waals surface area contributed by atoms with Gasteiger partial charge >= 0.3 is 0 Å². The zero-order valence-corrected chi connectivity index (χ0v) is 18.6. The van der Waals surface area contributed by atoms with Gasteiger partial charge in [-0.3, -0.25) is 4.57 Å². The Hall–Kier alpha value is -4.93. The summed E-state index contributed by atoms with van der Waals surface area (Å²) in [4.78, 5) is 19.0. The van der Waals surface area contributed by atoms with Crippen molar-refractivity contribution in [1.82, 2.24) is 29.7 Å². The molecule has 0 saturated carbocycles. The molecule has 0 aliphatic heterocycles. The molecule has 6 rings (SSSR count). The van der Waals surface area contributed by atoms with Crippen LogP contribution in [-0.4, -0.2) is 46.9 Å². The van der Waals surface area contributed by atoms with Crippen LogP contribution in [0.3, 0.4) is 0 Å². The van der Waals surface area contributed by atoms with Crippen LogP contribution in [0.1, 0.15) is 28.5 Å². The van der Waals surface area contributed by atoms with Crippen molar-refractivity contribution in [2.75, 3.05) is 17.7 Å². The Morgan fingerprint density at radius 2 is 1.54 bits per heavy atom. The molecule has 0 fully saturated rings. The van der Waals surface area contributed by atoms with Gasteiger partial charge in [-0.05, 0) is 17.7 Å². The maximum Gasteiger partial charge on any atom is 0.240 e. The highest BCUT2D eigenvalue weighted by atomic mass is 16.5. The van der Waals surface area contributed by atoms with Gasteiger partial charge in [0.05, 0.1) is 12.5 Å². The standard InChI is InChI=1S/C24H20N8O3/c1-31(14-10-6-3-7-11-14)24-28-18(27-23(25)29-24)19-26-20(35-30-19)15-16-17(15)22(34)32(21(16)33)12-13-8-4-2-5-9-13/h2-11,15,33-34H,12H2,1H3,(H2,25,27,28,29). The van der Waals surface area contributed by atoms with Crippen LogP contribution in [-0.2, 0) is 6.54 Å². The predicted molar refractivity (Wildman–Crippen MR) is 126 cm³/mol. The molecule has 0 bridgehead atoms. The number of hydrogen-bond acceptors (Lipinski definition) is 10. The summed E-state index contributed by atoms with van der Waals surface area (Å²) in [6, 6.07) is 19.1. The molecule has 1 aliphatic rings. The van der Waals surface area contributed by atoms with Crippen molar-refractivity contribution in [2.45, 2.75) is 12.5 Å². The molecule has 0 radical (unpaired) electrons. The van der Waals surface area contributed by atoms with Crippen LogP contribution in [0, 0.1) is 0 Å². The molecule has 1 aliphatic carbocycles. The molecule has 174 valence electrons. The average molecular weight is 468 g/mol. The molecule has 0 unspecified atom stereocenters. The van der Waals surface area contributed by atoms with Crippen LogP contribution in [0.4, 0.5) is 17.6 Å². The molecule has 0 saturated heterocycles. The fourth-order valence-electron chi connectivity index (χ4n) is 4.12. The Balaban J connectivity index is 1.26. The SMILES string of the molecule is CN(c1ccccc1)c1nc(N)nc(-c2noc(C3c4c3c(O)n(Cc3ccccc3)c4O)n2)n1. The van der Waals surface area contributed by atoms with Gasteiger partial charge in [0.25, 0.3) is 0 Å². The number of hydrogen-bond donors (Lipinski definition) is 3. The molecule has 3 heterocycles. The zero-order chi connectivity index (χ0) is 24.1. The second-order valence-corrected chi connectivity index (χ2v) is 8.15. The largest absolute Gasteiger partial charge is 0.494 e. The molecule has 35 heavy (non-hydrogen) atoms. The Morgan fingerprint density at radius 1 is 0.886 bits per heavy atom. The molecule has 0 amide bonds. The zero-order valence-electron chi connectivity index (χ0n) is 18.6.